The van der Waals surface area contributed by atoms with Crippen LogP contribution in [0.1, 0.15) is 10.4 Å². The Balaban J connectivity index is 2.96. The summed E-state index contributed by atoms with van der Waals surface area (Å²) >= 11 is 3.59. The zero-order valence-corrected chi connectivity index (χ0v) is 9.36. The maximum absolute atomic E-state index is 13.2. The first-order valence-corrected chi connectivity index (χ1v) is 5.50. The number of hydrogen-bond donors (Lipinski definition) is 0. The zero-order valence-electron chi connectivity index (χ0n) is 6.38. The predicted octanol–water partition coefficient (Wildman–Crippen LogP) is 3.46. The molecular weight excluding hydrogens is 302 g/mol. The minimum Gasteiger partial charge on any atom is -0.298 e. The Hall–Kier alpha value is -0.490. The van der Waals surface area contributed by atoms with Crippen LogP contribution in [0, 0.1) is 9.39 Å². The van der Waals surface area contributed by atoms with Crippen LogP contribution in [0.15, 0.2) is 17.5 Å². The van der Waals surface area contributed by atoms with Gasteiger partial charge in [-0.25, -0.2) is 4.39 Å². The van der Waals surface area contributed by atoms with E-state index in [4.69, 9.17) is 0 Å². The van der Waals surface area contributed by atoms with Crippen LogP contribution in [-0.2, 0) is 0 Å². The topological polar surface area (TPSA) is 17.1 Å². The zero-order chi connectivity index (χ0) is 9.42. The van der Waals surface area contributed by atoms with Gasteiger partial charge in [-0.15, -0.1) is 11.3 Å². The van der Waals surface area contributed by atoms with Gasteiger partial charge >= 0.3 is 0 Å². The van der Waals surface area contributed by atoms with Gasteiger partial charge in [-0.2, -0.15) is 0 Å². The summed E-state index contributed by atoms with van der Waals surface area (Å²) in [6.45, 7) is 0. The number of carbonyl (C=O) groups is 1. The van der Waals surface area contributed by atoms with Gasteiger partial charge in [0.05, 0.1) is 5.56 Å². The fourth-order valence-electron chi connectivity index (χ4n) is 1.21. The van der Waals surface area contributed by atoms with Crippen molar-refractivity contribution in [1.29, 1.82) is 0 Å². The number of benzene rings is 1. The van der Waals surface area contributed by atoms with E-state index < -0.39 is 5.82 Å². The molecular formula is C9H4FIOS. The minimum absolute atomic E-state index is 0.164. The summed E-state index contributed by atoms with van der Waals surface area (Å²) < 4.78 is 15.1. The summed E-state index contributed by atoms with van der Waals surface area (Å²) in [6, 6.07) is 3.16. The van der Waals surface area contributed by atoms with Gasteiger partial charge < -0.3 is 0 Å². The third-order valence-electron chi connectivity index (χ3n) is 1.80. The highest BCUT2D eigenvalue weighted by Crippen LogP contribution is 2.30. The molecule has 0 aliphatic carbocycles. The number of halogens is 2. The van der Waals surface area contributed by atoms with E-state index in [1.807, 2.05) is 5.38 Å². The number of hydrogen-bond acceptors (Lipinski definition) is 2. The Morgan fingerprint density at radius 1 is 1.54 bits per heavy atom. The van der Waals surface area contributed by atoms with Gasteiger partial charge in [-0.3, -0.25) is 4.79 Å². The summed E-state index contributed by atoms with van der Waals surface area (Å²) in [5, 5.41) is 2.57. The van der Waals surface area contributed by atoms with Crippen LogP contribution in [0.2, 0.25) is 0 Å². The molecule has 2 rings (SSSR count). The molecule has 13 heavy (non-hydrogen) atoms. The fraction of sp³-hybridized carbons (Fsp3) is 0. The van der Waals surface area contributed by atoms with Crippen molar-refractivity contribution in [3.63, 3.8) is 0 Å². The lowest BCUT2D eigenvalue weighted by molar-refractivity contribution is 0.112. The number of fused-ring (bicyclic) bond motifs is 1. The highest BCUT2D eigenvalue weighted by atomic mass is 127. The maximum atomic E-state index is 13.2. The van der Waals surface area contributed by atoms with Crippen LogP contribution in [-0.4, -0.2) is 6.29 Å². The molecule has 4 heteroatoms. The Kier molecular flexibility index (Phi) is 2.33. The summed E-state index contributed by atoms with van der Waals surface area (Å²) in [7, 11) is 0. The van der Waals surface area contributed by atoms with Gasteiger partial charge in [-0.05, 0) is 40.1 Å². The van der Waals surface area contributed by atoms with E-state index in [1.54, 1.807) is 6.07 Å². The van der Waals surface area contributed by atoms with Gasteiger partial charge in [0.2, 0.25) is 0 Å². The molecule has 1 aromatic carbocycles. The Labute approximate surface area is 91.7 Å². The third kappa shape index (κ3) is 1.38. The smallest absolute Gasteiger partial charge is 0.153 e. The van der Waals surface area contributed by atoms with Crippen molar-refractivity contribution in [3.8, 4) is 0 Å². The molecule has 0 fully saturated rings. The molecule has 0 unspecified atom stereocenters. The molecule has 1 heterocycles. The maximum Gasteiger partial charge on any atom is 0.153 e. The monoisotopic (exact) mass is 306 g/mol. The van der Waals surface area contributed by atoms with E-state index >= 15 is 0 Å². The molecule has 1 aromatic heterocycles. The van der Waals surface area contributed by atoms with Crippen molar-refractivity contribution in [2.75, 3.05) is 0 Å². The number of rotatable bonds is 1. The van der Waals surface area contributed by atoms with Gasteiger partial charge in [0.15, 0.2) is 6.29 Å². The second-order valence-corrected chi connectivity index (χ2v) is 4.61. The number of thiophene rings is 1. The average molecular weight is 306 g/mol. The molecule has 0 aliphatic heterocycles. The largest absolute Gasteiger partial charge is 0.298 e. The van der Waals surface area contributed by atoms with Crippen LogP contribution >= 0.6 is 33.9 Å². The van der Waals surface area contributed by atoms with Crippen molar-refractivity contribution >= 4 is 50.3 Å². The van der Waals surface area contributed by atoms with E-state index in [9.17, 15) is 9.18 Å². The van der Waals surface area contributed by atoms with Crippen molar-refractivity contribution in [3.05, 3.63) is 32.5 Å². The van der Waals surface area contributed by atoms with Crippen LogP contribution in [0.25, 0.3) is 10.1 Å². The van der Waals surface area contributed by atoms with Crippen LogP contribution < -0.4 is 0 Å². The highest BCUT2D eigenvalue weighted by molar-refractivity contribution is 14.1. The summed E-state index contributed by atoms with van der Waals surface area (Å²) in [6.07, 6.45) is 0.570. The summed E-state index contributed by atoms with van der Waals surface area (Å²) in [5.41, 5.74) is 0.164. The predicted molar refractivity (Wildman–Crippen MR) is 59.9 cm³/mol. The van der Waals surface area contributed by atoms with Gasteiger partial charge in [0.1, 0.15) is 5.82 Å². The average Bonchev–Trinajstić information content (AvgIpc) is 2.53. The number of carbonyl (C=O) groups excluding carboxylic acids is 1. The quantitative estimate of drug-likeness (QED) is 0.582. The first kappa shape index (κ1) is 9.08. The molecule has 0 radical (unpaired) electrons. The Morgan fingerprint density at radius 2 is 2.31 bits per heavy atom. The van der Waals surface area contributed by atoms with Crippen LogP contribution in [0.5, 0.6) is 0 Å². The lowest BCUT2D eigenvalue weighted by Crippen LogP contribution is -1.89. The highest BCUT2D eigenvalue weighted by Gasteiger charge is 2.10. The van der Waals surface area contributed by atoms with Crippen LogP contribution in [0.3, 0.4) is 0 Å². The van der Waals surface area contributed by atoms with E-state index in [0.29, 0.717) is 11.7 Å². The first-order valence-electron chi connectivity index (χ1n) is 3.54. The minimum atomic E-state index is -0.440. The molecule has 2 aromatic rings. The SMILES string of the molecule is O=Cc1c(F)cc(I)c2sccc12. The van der Waals surface area contributed by atoms with Crippen molar-refractivity contribution in [2.24, 2.45) is 0 Å². The van der Waals surface area contributed by atoms with E-state index in [-0.39, 0.29) is 5.56 Å². The summed E-state index contributed by atoms with van der Waals surface area (Å²) in [5.74, 6) is -0.440. The molecule has 0 bridgehead atoms. The van der Waals surface area contributed by atoms with Gasteiger partial charge in [0.25, 0.3) is 0 Å². The van der Waals surface area contributed by atoms with E-state index in [2.05, 4.69) is 22.6 Å². The Bertz CT molecular complexity index is 478. The fourth-order valence-corrected chi connectivity index (χ4v) is 2.97. The Morgan fingerprint density at radius 3 is 3.00 bits per heavy atom. The molecule has 1 nitrogen and oxygen atoms in total. The molecule has 0 saturated heterocycles. The van der Waals surface area contributed by atoms with E-state index in [1.165, 1.54) is 17.4 Å². The molecule has 0 N–H and O–H groups in total. The molecule has 0 saturated carbocycles. The first-order chi connectivity index (χ1) is 6.24. The van der Waals surface area contributed by atoms with Crippen molar-refractivity contribution < 1.29 is 9.18 Å². The molecule has 0 aliphatic rings. The van der Waals surface area contributed by atoms with E-state index in [0.717, 1.165) is 8.27 Å². The lowest BCUT2D eigenvalue weighted by Gasteiger charge is -1.99. The molecule has 0 spiro atoms. The molecule has 66 valence electrons. The summed E-state index contributed by atoms with van der Waals surface area (Å²) in [4.78, 5) is 10.6. The van der Waals surface area contributed by atoms with Crippen molar-refractivity contribution in [1.82, 2.24) is 0 Å². The number of aldehydes is 1. The van der Waals surface area contributed by atoms with Crippen molar-refractivity contribution in [2.45, 2.75) is 0 Å². The van der Waals surface area contributed by atoms with Crippen LogP contribution in [0.4, 0.5) is 4.39 Å². The lowest BCUT2D eigenvalue weighted by atomic mass is 10.1. The standard InChI is InChI=1S/C9H4FIOS/c10-7-3-8(11)9-5(1-2-13-9)6(7)4-12/h1-4H. The van der Waals surface area contributed by atoms with Gasteiger partial charge in [-0.1, -0.05) is 0 Å². The molecule has 0 atom stereocenters. The normalized spacial score (nSPS) is 10.6. The second kappa shape index (κ2) is 3.34. The second-order valence-electron chi connectivity index (χ2n) is 2.54. The third-order valence-corrected chi connectivity index (χ3v) is 3.97. The molecule has 0 amide bonds. The van der Waals surface area contributed by atoms with Gasteiger partial charge in [0, 0.05) is 13.7 Å².